The SMILES string of the molecule is C[Si](C)(C)c1cccc2c3ccc[c-]c3c3nccn3c12.[Ir]. The number of hydrogen-bond donors (Lipinski definition) is 0. The van der Waals surface area contributed by atoms with Gasteiger partial charge in [0, 0.05) is 38.0 Å². The Balaban J connectivity index is 0.00000144. The molecule has 2 heterocycles. The van der Waals surface area contributed by atoms with Crippen LogP contribution in [-0.2, 0) is 20.1 Å². The van der Waals surface area contributed by atoms with Crippen LogP contribution in [0.1, 0.15) is 0 Å². The maximum atomic E-state index is 4.57. The zero-order chi connectivity index (χ0) is 14.6. The number of para-hydroxylation sites is 1. The van der Waals surface area contributed by atoms with Crippen LogP contribution < -0.4 is 5.19 Å². The number of fused-ring (bicyclic) bond motifs is 6. The van der Waals surface area contributed by atoms with E-state index in [-0.39, 0.29) is 20.1 Å². The summed E-state index contributed by atoms with van der Waals surface area (Å²) in [6, 6.07) is 16.2. The van der Waals surface area contributed by atoms with Crippen LogP contribution in [0, 0.1) is 6.07 Å². The van der Waals surface area contributed by atoms with Gasteiger partial charge in [-0.1, -0.05) is 43.2 Å². The van der Waals surface area contributed by atoms with Gasteiger partial charge in [0.25, 0.3) is 0 Å². The predicted molar refractivity (Wildman–Crippen MR) is 92.0 cm³/mol. The molecular weight excluding hydrogens is 465 g/mol. The molecule has 0 saturated carbocycles. The van der Waals surface area contributed by atoms with E-state index in [0.29, 0.717) is 0 Å². The summed E-state index contributed by atoms with van der Waals surface area (Å²) in [4.78, 5) is 4.57. The average molecular weight is 482 g/mol. The van der Waals surface area contributed by atoms with Crippen LogP contribution in [0.3, 0.4) is 0 Å². The molecule has 4 rings (SSSR count). The van der Waals surface area contributed by atoms with Crippen molar-refractivity contribution in [3.05, 3.63) is 54.9 Å². The van der Waals surface area contributed by atoms with Crippen molar-refractivity contribution in [1.29, 1.82) is 0 Å². The van der Waals surface area contributed by atoms with Crippen LogP contribution in [-0.4, -0.2) is 17.5 Å². The van der Waals surface area contributed by atoms with E-state index in [0.717, 1.165) is 11.0 Å². The molecule has 0 fully saturated rings. The van der Waals surface area contributed by atoms with E-state index in [1.807, 2.05) is 12.3 Å². The van der Waals surface area contributed by atoms with Crippen molar-refractivity contribution in [2.45, 2.75) is 19.6 Å². The summed E-state index contributed by atoms with van der Waals surface area (Å²) in [7, 11) is -1.43. The number of rotatable bonds is 1. The summed E-state index contributed by atoms with van der Waals surface area (Å²) in [6.45, 7) is 7.18. The largest absolute Gasteiger partial charge is 0.340 e. The van der Waals surface area contributed by atoms with Gasteiger partial charge in [0.1, 0.15) is 0 Å². The molecule has 0 aliphatic carbocycles. The minimum atomic E-state index is -1.43. The molecule has 1 radical (unpaired) electrons. The van der Waals surface area contributed by atoms with Gasteiger partial charge in [-0.25, -0.2) is 0 Å². The van der Waals surface area contributed by atoms with Gasteiger partial charge in [-0.05, 0) is 10.6 Å². The Hall–Kier alpha value is -1.48. The molecule has 0 aliphatic rings. The third-order valence-electron chi connectivity index (χ3n) is 4.10. The van der Waals surface area contributed by atoms with Crippen molar-refractivity contribution in [3.8, 4) is 0 Å². The van der Waals surface area contributed by atoms with Crippen molar-refractivity contribution in [2.24, 2.45) is 0 Å². The smallest absolute Gasteiger partial charge is 0.0802 e. The Bertz CT molecular complexity index is 983. The van der Waals surface area contributed by atoms with Crippen LogP contribution >= 0.6 is 0 Å². The van der Waals surface area contributed by atoms with Crippen LogP contribution in [0.15, 0.2) is 48.8 Å². The van der Waals surface area contributed by atoms with Crippen molar-refractivity contribution in [2.75, 3.05) is 0 Å². The van der Waals surface area contributed by atoms with Crippen molar-refractivity contribution >= 4 is 40.6 Å². The Morgan fingerprint density at radius 1 is 1.05 bits per heavy atom. The van der Waals surface area contributed by atoms with Crippen LogP contribution in [0.2, 0.25) is 19.6 Å². The second-order valence-corrected chi connectivity index (χ2v) is 11.6. The van der Waals surface area contributed by atoms with E-state index in [2.05, 4.69) is 71.6 Å². The molecule has 2 aromatic heterocycles. The van der Waals surface area contributed by atoms with Crippen molar-refractivity contribution in [3.63, 3.8) is 0 Å². The van der Waals surface area contributed by atoms with Gasteiger partial charge >= 0.3 is 0 Å². The fraction of sp³-hybridized carbons (Fsp3) is 0.167. The minimum Gasteiger partial charge on any atom is -0.340 e. The van der Waals surface area contributed by atoms with Gasteiger partial charge in [-0.3, -0.25) is 4.98 Å². The van der Waals surface area contributed by atoms with Crippen LogP contribution in [0.5, 0.6) is 0 Å². The number of imidazole rings is 1. The molecule has 0 aliphatic heterocycles. The first-order valence-corrected chi connectivity index (χ1v) is 10.8. The molecule has 0 bridgehead atoms. The number of hydrogen-bond acceptors (Lipinski definition) is 1. The molecule has 4 heteroatoms. The number of benzene rings is 2. The fourth-order valence-electron chi connectivity index (χ4n) is 3.14. The summed E-state index contributed by atoms with van der Waals surface area (Å²) in [5.41, 5.74) is 2.32. The molecule has 113 valence electrons. The molecule has 22 heavy (non-hydrogen) atoms. The summed E-state index contributed by atoms with van der Waals surface area (Å²) in [5, 5.41) is 5.12. The Morgan fingerprint density at radius 2 is 1.82 bits per heavy atom. The van der Waals surface area contributed by atoms with Gasteiger partial charge in [-0.15, -0.1) is 29.7 Å². The normalized spacial score (nSPS) is 12.0. The Labute approximate surface area is 144 Å². The van der Waals surface area contributed by atoms with Gasteiger partial charge in [-0.2, -0.15) is 0 Å². The fourth-order valence-corrected chi connectivity index (χ4v) is 4.70. The molecule has 0 unspecified atom stereocenters. The van der Waals surface area contributed by atoms with Gasteiger partial charge in [0.15, 0.2) is 0 Å². The van der Waals surface area contributed by atoms with Gasteiger partial charge in [0.2, 0.25) is 0 Å². The summed E-state index contributed by atoms with van der Waals surface area (Å²) < 4.78 is 2.24. The summed E-state index contributed by atoms with van der Waals surface area (Å²) >= 11 is 0. The van der Waals surface area contributed by atoms with E-state index >= 15 is 0 Å². The molecule has 2 aromatic carbocycles. The molecule has 0 spiro atoms. The quantitative estimate of drug-likeness (QED) is 0.228. The zero-order valence-electron chi connectivity index (χ0n) is 12.8. The van der Waals surface area contributed by atoms with Gasteiger partial charge in [0.05, 0.1) is 13.7 Å². The summed E-state index contributed by atoms with van der Waals surface area (Å²) in [5.74, 6) is 0. The second-order valence-electron chi connectivity index (χ2n) is 6.53. The Morgan fingerprint density at radius 3 is 2.59 bits per heavy atom. The molecule has 4 aromatic rings. The topological polar surface area (TPSA) is 17.3 Å². The van der Waals surface area contributed by atoms with Crippen LogP contribution in [0.25, 0.3) is 27.3 Å². The molecule has 2 nitrogen and oxygen atoms in total. The molecule has 0 saturated heterocycles. The number of pyridine rings is 1. The summed E-state index contributed by atoms with van der Waals surface area (Å²) in [6.07, 6.45) is 3.96. The number of aromatic nitrogens is 2. The second kappa shape index (κ2) is 5.30. The van der Waals surface area contributed by atoms with E-state index in [1.54, 1.807) is 0 Å². The van der Waals surface area contributed by atoms with Crippen molar-refractivity contribution in [1.82, 2.24) is 9.38 Å². The van der Waals surface area contributed by atoms with E-state index < -0.39 is 8.07 Å². The van der Waals surface area contributed by atoms with E-state index in [9.17, 15) is 0 Å². The van der Waals surface area contributed by atoms with E-state index in [1.165, 1.54) is 21.5 Å². The van der Waals surface area contributed by atoms with E-state index in [4.69, 9.17) is 0 Å². The predicted octanol–water partition coefficient (Wildman–Crippen LogP) is 3.98. The monoisotopic (exact) mass is 482 g/mol. The molecular formula is C18H17IrN2Si-. The number of nitrogens with zero attached hydrogens (tertiary/aromatic N) is 2. The average Bonchev–Trinajstić information content (AvgIpc) is 2.95. The third-order valence-corrected chi connectivity index (χ3v) is 6.12. The minimum absolute atomic E-state index is 0. The first-order chi connectivity index (χ1) is 10.1. The third kappa shape index (κ3) is 2.14. The molecule has 0 amide bonds. The standard InChI is InChI=1S/C18H17N2Si.Ir/c1-21(2,3)16-10-6-9-14-13-7-4-5-8-15(13)18-19-11-12-20(18)17(14)16;/h4-7,9-12H,1-3H3;/q-1;. The maximum absolute atomic E-state index is 4.57. The van der Waals surface area contributed by atoms with Crippen molar-refractivity contribution < 1.29 is 20.1 Å². The van der Waals surface area contributed by atoms with Gasteiger partial charge < -0.3 is 4.40 Å². The zero-order valence-corrected chi connectivity index (χ0v) is 16.2. The molecule has 0 N–H and O–H groups in total. The first-order valence-electron chi connectivity index (χ1n) is 7.26. The first kappa shape index (κ1) is 15.4. The van der Waals surface area contributed by atoms with Crippen LogP contribution in [0.4, 0.5) is 0 Å². The Kier molecular flexibility index (Phi) is 3.72. The maximum Gasteiger partial charge on any atom is 0.0802 e. The molecule has 0 atom stereocenters.